The van der Waals surface area contributed by atoms with Gasteiger partial charge in [-0.1, -0.05) is 12.8 Å². The largest absolute Gasteiger partial charge is 0.319 e. The van der Waals surface area contributed by atoms with Gasteiger partial charge < -0.3 is 10.5 Å². The van der Waals surface area contributed by atoms with Gasteiger partial charge in [0.2, 0.25) is 0 Å². The lowest BCUT2D eigenvalue weighted by molar-refractivity contribution is -0.112. The van der Waals surface area contributed by atoms with Crippen molar-refractivity contribution in [2.75, 3.05) is 0 Å². The highest BCUT2D eigenvalue weighted by Crippen LogP contribution is 2.24. The first-order valence-electron chi connectivity index (χ1n) is 3.02. The molecule has 0 bridgehead atoms. The second-order valence-corrected chi connectivity index (χ2v) is 2.56. The summed E-state index contributed by atoms with van der Waals surface area (Å²) in [7, 11) is 0. The predicted octanol–water partition coefficient (Wildman–Crippen LogP) is 0.457. The lowest BCUT2D eigenvalue weighted by Gasteiger charge is -2.12. The molecule has 1 saturated carbocycles. The van der Waals surface area contributed by atoms with Crippen LogP contribution < -0.4 is 5.73 Å². The highest BCUT2D eigenvalue weighted by atomic mass is 16.1. The highest BCUT2D eigenvalue weighted by Gasteiger charge is 2.27. The van der Waals surface area contributed by atoms with Crippen LogP contribution in [-0.4, -0.2) is 11.8 Å². The van der Waals surface area contributed by atoms with Crippen LogP contribution in [0.25, 0.3) is 0 Å². The van der Waals surface area contributed by atoms with Crippen LogP contribution in [0.1, 0.15) is 25.7 Å². The zero-order valence-corrected chi connectivity index (χ0v) is 4.89. The van der Waals surface area contributed by atoms with Gasteiger partial charge in [0.05, 0.1) is 5.54 Å². The molecule has 1 fully saturated rings. The van der Waals surface area contributed by atoms with Crippen LogP contribution in [0.3, 0.4) is 0 Å². The molecule has 0 saturated heterocycles. The number of hydrogen-bond donors (Lipinski definition) is 1. The van der Waals surface area contributed by atoms with Crippen molar-refractivity contribution < 1.29 is 4.79 Å². The summed E-state index contributed by atoms with van der Waals surface area (Å²) in [5.74, 6) is 0. The molecule has 8 heavy (non-hydrogen) atoms. The minimum Gasteiger partial charge on any atom is -0.319 e. The molecule has 0 amide bonds. The molecule has 0 aromatic heterocycles. The quantitative estimate of drug-likeness (QED) is 0.502. The first-order chi connectivity index (χ1) is 3.77. The summed E-state index contributed by atoms with van der Waals surface area (Å²) in [6, 6.07) is 0. The van der Waals surface area contributed by atoms with Gasteiger partial charge in [0.25, 0.3) is 0 Å². The minimum atomic E-state index is -0.444. The zero-order valence-electron chi connectivity index (χ0n) is 4.89. The fraction of sp³-hybridized carbons (Fsp3) is 0.833. The maximum absolute atomic E-state index is 10.2. The van der Waals surface area contributed by atoms with Gasteiger partial charge in [-0.05, 0) is 12.8 Å². The van der Waals surface area contributed by atoms with Crippen molar-refractivity contribution in [3.63, 3.8) is 0 Å². The predicted molar refractivity (Wildman–Crippen MR) is 31.5 cm³/mol. The molecule has 0 heterocycles. The van der Waals surface area contributed by atoms with E-state index in [9.17, 15) is 4.79 Å². The van der Waals surface area contributed by atoms with E-state index in [1.807, 2.05) is 0 Å². The van der Waals surface area contributed by atoms with E-state index in [1.54, 1.807) is 0 Å². The van der Waals surface area contributed by atoms with Gasteiger partial charge in [-0.3, -0.25) is 0 Å². The molecule has 0 atom stereocenters. The average Bonchev–Trinajstić information content (AvgIpc) is 2.17. The van der Waals surface area contributed by atoms with Gasteiger partial charge in [-0.15, -0.1) is 0 Å². The third kappa shape index (κ3) is 0.892. The maximum atomic E-state index is 10.2. The Balaban J connectivity index is 2.52. The molecule has 0 spiro atoms. The van der Waals surface area contributed by atoms with Crippen LogP contribution in [0.15, 0.2) is 0 Å². The smallest absolute Gasteiger partial charge is 0.139 e. The Morgan fingerprint density at radius 1 is 1.38 bits per heavy atom. The molecule has 0 aromatic rings. The molecule has 0 radical (unpaired) electrons. The van der Waals surface area contributed by atoms with Gasteiger partial charge in [0.1, 0.15) is 6.29 Å². The van der Waals surface area contributed by atoms with Crippen molar-refractivity contribution >= 4 is 6.29 Å². The Bertz CT molecular complexity index is 94.7. The van der Waals surface area contributed by atoms with E-state index in [1.165, 1.54) is 0 Å². The molecule has 46 valence electrons. The van der Waals surface area contributed by atoms with Crippen LogP contribution in [0, 0.1) is 0 Å². The Hall–Kier alpha value is -0.370. The number of carbonyl (C=O) groups excluding carboxylic acids is 1. The van der Waals surface area contributed by atoms with Crippen LogP contribution in [0.5, 0.6) is 0 Å². The van der Waals surface area contributed by atoms with Gasteiger partial charge in [0.15, 0.2) is 0 Å². The SMILES string of the molecule is NC1(C=O)CCCC1. The molecule has 2 heteroatoms. The first-order valence-corrected chi connectivity index (χ1v) is 3.02. The summed E-state index contributed by atoms with van der Waals surface area (Å²) in [6.07, 6.45) is 4.90. The van der Waals surface area contributed by atoms with Crippen molar-refractivity contribution in [1.82, 2.24) is 0 Å². The van der Waals surface area contributed by atoms with E-state index in [-0.39, 0.29) is 0 Å². The zero-order chi connectivity index (χ0) is 6.04. The van der Waals surface area contributed by atoms with E-state index in [0.29, 0.717) is 0 Å². The van der Waals surface area contributed by atoms with E-state index in [4.69, 9.17) is 5.73 Å². The molecular formula is C6H11NO. The molecule has 0 aromatic carbocycles. The molecule has 0 aliphatic heterocycles. The van der Waals surface area contributed by atoms with Gasteiger partial charge in [-0.2, -0.15) is 0 Å². The molecule has 1 rings (SSSR count). The molecular weight excluding hydrogens is 102 g/mol. The Kier molecular flexibility index (Phi) is 1.34. The van der Waals surface area contributed by atoms with Crippen LogP contribution in [0.2, 0.25) is 0 Å². The molecule has 1 aliphatic carbocycles. The molecule has 2 N–H and O–H groups in total. The fourth-order valence-electron chi connectivity index (χ4n) is 1.15. The molecule has 1 aliphatic rings. The number of nitrogens with two attached hydrogens (primary N) is 1. The summed E-state index contributed by atoms with van der Waals surface area (Å²) < 4.78 is 0. The fourth-order valence-corrected chi connectivity index (χ4v) is 1.15. The second kappa shape index (κ2) is 1.86. The van der Waals surface area contributed by atoms with E-state index in [2.05, 4.69) is 0 Å². The summed E-state index contributed by atoms with van der Waals surface area (Å²) in [5.41, 5.74) is 5.15. The lowest BCUT2D eigenvalue weighted by Crippen LogP contribution is -2.37. The monoisotopic (exact) mass is 113 g/mol. The number of carbonyl (C=O) groups is 1. The summed E-state index contributed by atoms with van der Waals surface area (Å²) in [6.45, 7) is 0. The summed E-state index contributed by atoms with van der Waals surface area (Å²) in [5, 5.41) is 0. The summed E-state index contributed by atoms with van der Waals surface area (Å²) >= 11 is 0. The number of aldehydes is 1. The third-order valence-electron chi connectivity index (χ3n) is 1.77. The van der Waals surface area contributed by atoms with Gasteiger partial charge in [0, 0.05) is 0 Å². The van der Waals surface area contributed by atoms with E-state index >= 15 is 0 Å². The average molecular weight is 113 g/mol. The molecule has 2 nitrogen and oxygen atoms in total. The van der Waals surface area contributed by atoms with Crippen LogP contribution in [-0.2, 0) is 4.79 Å². The Labute approximate surface area is 49.1 Å². The molecule has 0 unspecified atom stereocenters. The van der Waals surface area contributed by atoms with Crippen molar-refractivity contribution in [3.05, 3.63) is 0 Å². The number of hydrogen-bond acceptors (Lipinski definition) is 2. The third-order valence-corrected chi connectivity index (χ3v) is 1.77. The topological polar surface area (TPSA) is 43.1 Å². The van der Waals surface area contributed by atoms with Crippen LogP contribution in [0.4, 0.5) is 0 Å². The minimum absolute atomic E-state index is 0.444. The van der Waals surface area contributed by atoms with Gasteiger partial charge in [-0.25, -0.2) is 0 Å². The van der Waals surface area contributed by atoms with E-state index in [0.717, 1.165) is 32.0 Å². The Morgan fingerprint density at radius 2 is 1.88 bits per heavy atom. The Morgan fingerprint density at radius 3 is 2.12 bits per heavy atom. The van der Waals surface area contributed by atoms with Crippen molar-refractivity contribution in [2.45, 2.75) is 31.2 Å². The van der Waals surface area contributed by atoms with Crippen molar-refractivity contribution in [1.29, 1.82) is 0 Å². The first kappa shape index (κ1) is 5.76. The normalized spacial score (nSPS) is 25.6. The van der Waals surface area contributed by atoms with Gasteiger partial charge >= 0.3 is 0 Å². The maximum Gasteiger partial charge on any atom is 0.139 e. The summed E-state index contributed by atoms with van der Waals surface area (Å²) in [4.78, 5) is 10.2. The standard InChI is InChI=1S/C6H11NO/c7-6(5-8)3-1-2-4-6/h5H,1-4,7H2. The highest BCUT2D eigenvalue weighted by molar-refractivity contribution is 5.64. The number of rotatable bonds is 1. The lowest BCUT2D eigenvalue weighted by atomic mass is 10.0. The van der Waals surface area contributed by atoms with Crippen molar-refractivity contribution in [3.8, 4) is 0 Å². The van der Waals surface area contributed by atoms with E-state index < -0.39 is 5.54 Å². The van der Waals surface area contributed by atoms with Crippen LogP contribution >= 0.6 is 0 Å². The van der Waals surface area contributed by atoms with Crippen molar-refractivity contribution in [2.24, 2.45) is 5.73 Å². The second-order valence-electron chi connectivity index (χ2n) is 2.56.